The first-order valence-electron chi connectivity index (χ1n) is 9.99. The fourth-order valence-corrected chi connectivity index (χ4v) is 5.36. The average molecular weight is 416 g/mol. The number of nitrogens with one attached hydrogen (secondary N) is 1. The SMILES string of the molecule is Cc1ccc(NC(=O)CN(C)Cc2ccccc2)cc1S(=O)(=O)N1CCCCC1. The summed E-state index contributed by atoms with van der Waals surface area (Å²) in [6, 6.07) is 15.0. The molecule has 2 aromatic carbocycles. The predicted octanol–water partition coefficient (Wildman–Crippen LogP) is 3.24. The number of amides is 1. The molecule has 1 aliphatic heterocycles. The lowest BCUT2D eigenvalue weighted by Crippen LogP contribution is -2.36. The van der Waals surface area contributed by atoms with Gasteiger partial charge in [-0.15, -0.1) is 0 Å². The van der Waals surface area contributed by atoms with Crippen molar-refractivity contribution in [2.24, 2.45) is 0 Å². The number of likely N-dealkylation sites (N-methyl/N-ethyl adjacent to an activating group) is 1. The van der Waals surface area contributed by atoms with Crippen LogP contribution in [0.2, 0.25) is 0 Å². The molecule has 0 spiro atoms. The fraction of sp³-hybridized carbons (Fsp3) is 0.409. The lowest BCUT2D eigenvalue weighted by Gasteiger charge is -2.26. The molecule has 0 saturated carbocycles. The highest BCUT2D eigenvalue weighted by Crippen LogP contribution is 2.26. The molecule has 2 aromatic rings. The number of piperidine rings is 1. The van der Waals surface area contributed by atoms with Crippen molar-refractivity contribution in [2.45, 2.75) is 37.6 Å². The van der Waals surface area contributed by atoms with E-state index in [0.717, 1.165) is 24.8 Å². The van der Waals surface area contributed by atoms with Gasteiger partial charge in [-0.2, -0.15) is 4.31 Å². The Kier molecular flexibility index (Phi) is 7.05. The van der Waals surface area contributed by atoms with Gasteiger partial charge in [0.05, 0.1) is 11.4 Å². The highest BCUT2D eigenvalue weighted by Gasteiger charge is 2.27. The lowest BCUT2D eigenvalue weighted by atomic mass is 10.2. The number of hydrogen-bond donors (Lipinski definition) is 1. The van der Waals surface area contributed by atoms with Crippen molar-refractivity contribution in [2.75, 3.05) is 32.0 Å². The number of sulfonamides is 1. The smallest absolute Gasteiger partial charge is 0.243 e. The molecule has 3 rings (SSSR count). The fourth-order valence-electron chi connectivity index (χ4n) is 3.60. The number of rotatable bonds is 7. The summed E-state index contributed by atoms with van der Waals surface area (Å²) in [5.74, 6) is -0.173. The van der Waals surface area contributed by atoms with Gasteiger partial charge in [0.2, 0.25) is 15.9 Å². The highest BCUT2D eigenvalue weighted by atomic mass is 32.2. The van der Waals surface area contributed by atoms with Gasteiger partial charge in [-0.05, 0) is 50.1 Å². The Balaban J connectivity index is 1.66. The summed E-state index contributed by atoms with van der Waals surface area (Å²) in [5, 5.41) is 2.84. The largest absolute Gasteiger partial charge is 0.325 e. The molecule has 1 aliphatic rings. The van der Waals surface area contributed by atoms with Gasteiger partial charge in [0.15, 0.2) is 0 Å². The van der Waals surface area contributed by atoms with Gasteiger partial charge in [-0.1, -0.05) is 42.8 Å². The van der Waals surface area contributed by atoms with Crippen LogP contribution in [-0.4, -0.2) is 50.2 Å². The molecular formula is C22H29N3O3S. The Morgan fingerprint density at radius 3 is 2.45 bits per heavy atom. The third-order valence-electron chi connectivity index (χ3n) is 5.11. The second-order valence-corrected chi connectivity index (χ2v) is 9.56. The van der Waals surface area contributed by atoms with Gasteiger partial charge < -0.3 is 5.32 Å². The third-order valence-corrected chi connectivity index (χ3v) is 7.15. The van der Waals surface area contributed by atoms with Crippen molar-refractivity contribution in [3.05, 3.63) is 59.7 Å². The quantitative estimate of drug-likeness (QED) is 0.754. The van der Waals surface area contributed by atoms with Crippen LogP contribution in [0.3, 0.4) is 0 Å². The Hall–Kier alpha value is -2.22. The molecule has 7 heteroatoms. The van der Waals surface area contributed by atoms with Crippen molar-refractivity contribution in [3.8, 4) is 0 Å². The van der Waals surface area contributed by atoms with Gasteiger partial charge in [-0.25, -0.2) is 8.42 Å². The topological polar surface area (TPSA) is 69.7 Å². The summed E-state index contributed by atoms with van der Waals surface area (Å²) in [5.41, 5.74) is 2.33. The van der Waals surface area contributed by atoms with Crippen LogP contribution in [0.25, 0.3) is 0 Å². The van der Waals surface area contributed by atoms with Crippen molar-refractivity contribution in [1.82, 2.24) is 9.21 Å². The molecule has 1 heterocycles. The van der Waals surface area contributed by atoms with Crippen LogP contribution >= 0.6 is 0 Å². The zero-order valence-corrected chi connectivity index (χ0v) is 17.9. The number of aryl methyl sites for hydroxylation is 1. The Bertz CT molecular complexity index is 939. The van der Waals surface area contributed by atoms with E-state index < -0.39 is 10.0 Å². The van der Waals surface area contributed by atoms with E-state index in [1.807, 2.05) is 42.3 Å². The molecule has 0 atom stereocenters. The van der Waals surface area contributed by atoms with Gasteiger partial charge in [0, 0.05) is 25.3 Å². The van der Waals surface area contributed by atoms with Crippen LogP contribution in [0.4, 0.5) is 5.69 Å². The van der Waals surface area contributed by atoms with Gasteiger partial charge >= 0.3 is 0 Å². The molecule has 29 heavy (non-hydrogen) atoms. The van der Waals surface area contributed by atoms with Crippen LogP contribution < -0.4 is 5.32 Å². The Morgan fingerprint density at radius 1 is 1.07 bits per heavy atom. The molecule has 0 unspecified atom stereocenters. The van der Waals surface area contributed by atoms with Gasteiger partial charge in [0.1, 0.15) is 0 Å². The van der Waals surface area contributed by atoms with E-state index in [1.165, 1.54) is 0 Å². The number of carbonyl (C=O) groups is 1. The van der Waals surface area contributed by atoms with Crippen molar-refractivity contribution in [3.63, 3.8) is 0 Å². The summed E-state index contributed by atoms with van der Waals surface area (Å²) in [4.78, 5) is 14.6. The summed E-state index contributed by atoms with van der Waals surface area (Å²) in [6.45, 7) is 3.79. The normalized spacial score (nSPS) is 15.4. The van der Waals surface area contributed by atoms with Crippen LogP contribution in [0, 0.1) is 6.92 Å². The first kappa shape index (κ1) is 21.5. The Morgan fingerprint density at radius 2 is 1.76 bits per heavy atom. The highest BCUT2D eigenvalue weighted by molar-refractivity contribution is 7.89. The van der Waals surface area contributed by atoms with E-state index in [2.05, 4.69) is 5.32 Å². The zero-order valence-electron chi connectivity index (χ0n) is 17.1. The monoisotopic (exact) mass is 415 g/mol. The van der Waals surface area contributed by atoms with E-state index >= 15 is 0 Å². The number of nitrogens with zero attached hydrogens (tertiary/aromatic N) is 2. The third kappa shape index (κ3) is 5.65. The molecule has 0 bridgehead atoms. The van der Waals surface area contributed by atoms with E-state index in [0.29, 0.717) is 30.9 Å². The molecule has 0 aliphatic carbocycles. The summed E-state index contributed by atoms with van der Waals surface area (Å²) < 4.78 is 27.6. The first-order valence-corrected chi connectivity index (χ1v) is 11.4. The second kappa shape index (κ2) is 9.52. The predicted molar refractivity (Wildman–Crippen MR) is 115 cm³/mol. The summed E-state index contributed by atoms with van der Waals surface area (Å²) >= 11 is 0. The lowest BCUT2D eigenvalue weighted by molar-refractivity contribution is -0.117. The molecule has 0 radical (unpaired) electrons. The number of hydrogen-bond acceptors (Lipinski definition) is 4. The molecule has 1 N–H and O–H groups in total. The maximum atomic E-state index is 13.0. The molecule has 156 valence electrons. The van der Waals surface area contributed by atoms with E-state index in [9.17, 15) is 13.2 Å². The molecular weight excluding hydrogens is 386 g/mol. The maximum absolute atomic E-state index is 13.0. The van der Waals surface area contributed by atoms with Crippen LogP contribution in [-0.2, 0) is 21.4 Å². The number of anilines is 1. The number of benzene rings is 2. The Labute approximate surface area is 173 Å². The van der Waals surface area contributed by atoms with Crippen LogP contribution in [0.5, 0.6) is 0 Å². The minimum Gasteiger partial charge on any atom is -0.325 e. The van der Waals surface area contributed by atoms with Gasteiger partial charge in [0.25, 0.3) is 0 Å². The van der Waals surface area contributed by atoms with Crippen LogP contribution in [0.1, 0.15) is 30.4 Å². The van der Waals surface area contributed by atoms with E-state index in [1.54, 1.807) is 29.4 Å². The summed E-state index contributed by atoms with van der Waals surface area (Å²) in [6.07, 6.45) is 2.85. The standard InChI is InChI=1S/C22H29N3O3S/c1-18-11-12-20(15-21(18)29(27,28)25-13-7-4-8-14-25)23-22(26)17-24(2)16-19-9-5-3-6-10-19/h3,5-6,9-12,15H,4,7-8,13-14,16-17H2,1-2H3,(H,23,26). The van der Waals surface area contributed by atoms with Crippen molar-refractivity contribution < 1.29 is 13.2 Å². The van der Waals surface area contributed by atoms with E-state index in [-0.39, 0.29) is 17.3 Å². The minimum absolute atomic E-state index is 0.173. The van der Waals surface area contributed by atoms with Crippen LogP contribution in [0.15, 0.2) is 53.4 Å². The first-order chi connectivity index (χ1) is 13.9. The summed E-state index contributed by atoms with van der Waals surface area (Å²) in [7, 11) is -1.66. The molecule has 1 fully saturated rings. The van der Waals surface area contributed by atoms with Crippen molar-refractivity contribution in [1.29, 1.82) is 0 Å². The minimum atomic E-state index is -3.54. The molecule has 0 aromatic heterocycles. The zero-order chi connectivity index (χ0) is 20.9. The average Bonchev–Trinajstić information content (AvgIpc) is 2.70. The van der Waals surface area contributed by atoms with E-state index in [4.69, 9.17) is 0 Å². The second-order valence-electron chi connectivity index (χ2n) is 7.65. The maximum Gasteiger partial charge on any atom is 0.243 e. The van der Waals surface area contributed by atoms with Gasteiger partial charge in [-0.3, -0.25) is 9.69 Å². The molecule has 6 nitrogen and oxygen atoms in total. The molecule has 1 saturated heterocycles. The molecule has 1 amide bonds. The number of carbonyl (C=O) groups excluding carboxylic acids is 1. The van der Waals surface area contributed by atoms with Crippen molar-refractivity contribution >= 4 is 21.6 Å².